The minimum absolute atomic E-state index is 0.468. The summed E-state index contributed by atoms with van der Waals surface area (Å²) in [6, 6.07) is 13.9. The van der Waals surface area contributed by atoms with E-state index in [0.29, 0.717) is 0 Å². The maximum absolute atomic E-state index is 9.60. The SMILES string of the molecule is C[C@H](O)c1ccc(-n2cnc3ccccc32)c(Br)c1. The molecule has 0 spiro atoms. The van der Waals surface area contributed by atoms with E-state index in [0.717, 1.165) is 26.8 Å². The van der Waals surface area contributed by atoms with Crippen molar-refractivity contribution in [3.05, 3.63) is 58.8 Å². The van der Waals surface area contributed by atoms with Crippen LogP contribution in [0.25, 0.3) is 16.7 Å². The molecule has 0 fully saturated rings. The zero-order valence-corrected chi connectivity index (χ0v) is 12.0. The zero-order chi connectivity index (χ0) is 13.4. The summed E-state index contributed by atoms with van der Waals surface area (Å²) in [5, 5.41) is 9.60. The Labute approximate surface area is 119 Å². The third-order valence-electron chi connectivity index (χ3n) is 3.17. The van der Waals surface area contributed by atoms with Crippen molar-refractivity contribution >= 4 is 27.0 Å². The van der Waals surface area contributed by atoms with Gasteiger partial charge in [-0.1, -0.05) is 18.2 Å². The average Bonchev–Trinajstić information content (AvgIpc) is 2.82. The molecule has 3 aromatic rings. The quantitative estimate of drug-likeness (QED) is 0.780. The third kappa shape index (κ3) is 2.17. The van der Waals surface area contributed by atoms with Gasteiger partial charge in [-0.2, -0.15) is 0 Å². The fourth-order valence-corrected chi connectivity index (χ4v) is 2.72. The molecule has 1 N–H and O–H groups in total. The normalized spacial score (nSPS) is 12.8. The molecule has 0 amide bonds. The van der Waals surface area contributed by atoms with Gasteiger partial charge in [-0.15, -0.1) is 0 Å². The smallest absolute Gasteiger partial charge is 0.100 e. The number of rotatable bonds is 2. The first-order chi connectivity index (χ1) is 9.16. The molecule has 0 saturated heterocycles. The molecule has 3 rings (SSSR count). The molecule has 1 heterocycles. The molecular formula is C15H13BrN2O. The maximum Gasteiger partial charge on any atom is 0.100 e. The number of benzene rings is 2. The van der Waals surface area contributed by atoms with Crippen LogP contribution in [0.2, 0.25) is 0 Å². The Hall–Kier alpha value is -1.65. The van der Waals surface area contributed by atoms with E-state index in [9.17, 15) is 5.11 Å². The number of para-hydroxylation sites is 2. The highest BCUT2D eigenvalue weighted by Crippen LogP contribution is 2.27. The lowest BCUT2D eigenvalue weighted by Crippen LogP contribution is -1.96. The van der Waals surface area contributed by atoms with Crippen LogP contribution in [0.15, 0.2) is 53.3 Å². The predicted octanol–water partition coefficient (Wildman–Crippen LogP) is 3.84. The predicted molar refractivity (Wildman–Crippen MR) is 79.4 cm³/mol. The molecular weight excluding hydrogens is 304 g/mol. The first kappa shape index (κ1) is 12.4. The van der Waals surface area contributed by atoms with Crippen LogP contribution in [0.5, 0.6) is 0 Å². The van der Waals surface area contributed by atoms with Crippen molar-refractivity contribution in [3.63, 3.8) is 0 Å². The summed E-state index contributed by atoms with van der Waals surface area (Å²) in [5.74, 6) is 0. The van der Waals surface area contributed by atoms with Gasteiger partial charge in [-0.25, -0.2) is 4.98 Å². The lowest BCUT2D eigenvalue weighted by atomic mass is 10.1. The molecule has 3 nitrogen and oxygen atoms in total. The van der Waals surface area contributed by atoms with E-state index in [1.807, 2.05) is 53.4 Å². The molecule has 19 heavy (non-hydrogen) atoms. The standard InChI is InChI=1S/C15H13BrN2O/c1-10(19)11-6-7-14(12(16)8-11)18-9-17-13-4-2-3-5-15(13)18/h2-10,19H,1H3/t10-/m0/s1. The highest BCUT2D eigenvalue weighted by Gasteiger charge is 2.09. The number of aliphatic hydroxyl groups is 1. The van der Waals surface area contributed by atoms with Gasteiger partial charge >= 0.3 is 0 Å². The summed E-state index contributed by atoms with van der Waals surface area (Å²) in [6.45, 7) is 1.76. The van der Waals surface area contributed by atoms with Crippen molar-refractivity contribution < 1.29 is 5.11 Å². The van der Waals surface area contributed by atoms with Gasteiger partial charge in [0, 0.05) is 4.47 Å². The Morgan fingerprint density at radius 2 is 2.00 bits per heavy atom. The zero-order valence-electron chi connectivity index (χ0n) is 10.4. The van der Waals surface area contributed by atoms with Crippen LogP contribution in [0, 0.1) is 0 Å². The molecule has 2 aromatic carbocycles. The van der Waals surface area contributed by atoms with E-state index in [-0.39, 0.29) is 0 Å². The van der Waals surface area contributed by atoms with E-state index in [2.05, 4.69) is 20.9 Å². The number of fused-ring (bicyclic) bond motifs is 1. The molecule has 96 valence electrons. The number of aromatic nitrogens is 2. The molecule has 1 aromatic heterocycles. The molecule has 0 aliphatic carbocycles. The van der Waals surface area contributed by atoms with Crippen LogP contribution in [0.1, 0.15) is 18.6 Å². The fraction of sp³-hybridized carbons (Fsp3) is 0.133. The van der Waals surface area contributed by atoms with Crippen molar-refractivity contribution in [1.29, 1.82) is 0 Å². The molecule has 0 bridgehead atoms. The monoisotopic (exact) mass is 316 g/mol. The number of imidazole rings is 1. The minimum Gasteiger partial charge on any atom is -0.389 e. The van der Waals surface area contributed by atoms with Gasteiger partial charge in [0.15, 0.2) is 0 Å². The average molecular weight is 317 g/mol. The number of hydrogen-bond donors (Lipinski definition) is 1. The van der Waals surface area contributed by atoms with Crippen molar-refractivity contribution in [2.75, 3.05) is 0 Å². The molecule has 0 aliphatic heterocycles. The van der Waals surface area contributed by atoms with Crippen LogP contribution in [0.3, 0.4) is 0 Å². The molecule has 1 atom stereocenters. The third-order valence-corrected chi connectivity index (χ3v) is 3.80. The van der Waals surface area contributed by atoms with Crippen LogP contribution < -0.4 is 0 Å². The van der Waals surface area contributed by atoms with Crippen LogP contribution in [-0.2, 0) is 0 Å². The first-order valence-electron chi connectivity index (χ1n) is 6.07. The number of hydrogen-bond acceptors (Lipinski definition) is 2. The van der Waals surface area contributed by atoms with E-state index >= 15 is 0 Å². The summed E-state index contributed by atoms with van der Waals surface area (Å²) in [4.78, 5) is 4.39. The number of nitrogens with zero attached hydrogens (tertiary/aromatic N) is 2. The largest absolute Gasteiger partial charge is 0.389 e. The van der Waals surface area contributed by atoms with Crippen molar-refractivity contribution in [3.8, 4) is 5.69 Å². The summed E-state index contributed by atoms with van der Waals surface area (Å²) in [5.41, 5.74) is 3.93. The van der Waals surface area contributed by atoms with E-state index in [1.165, 1.54) is 0 Å². The van der Waals surface area contributed by atoms with E-state index in [1.54, 1.807) is 6.92 Å². The number of aliphatic hydroxyl groups excluding tert-OH is 1. The van der Waals surface area contributed by atoms with E-state index in [4.69, 9.17) is 0 Å². The van der Waals surface area contributed by atoms with Gasteiger partial charge in [-0.05, 0) is 52.7 Å². The lowest BCUT2D eigenvalue weighted by Gasteiger charge is -2.10. The first-order valence-corrected chi connectivity index (χ1v) is 6.86. The van der Waals surface area contributed by atoms with Gasteiger partial charge in [0.1, 0.15) is 6.33 Å². The van der Waals surface area contributed by atoms with Gasteiger partial charge in [0.05, 0.1) is 22.8 Å². The molecule has 0 radical (unpaired) electrons. The van der Waals surface area contributed by atoms with Crippen molar-refractivity contribution in [1.82, 2.24) is 9.55 Å². The Balaban J connectivity index is 2.17. The Bertz CT molecular complexity index is 734. The van der Waals surface area contributed by atoms with Gasteiger partial charge < -0.3 is 5.11 Å². The fourth-order valence-electron chi connectivity index (χ4n) is 2.13. The number of halogens is 1. The topological polar surface area (TPSA) is 38.0 Å². The second-order valence-electron chi connectivity index (χ2n) is 4.49. The Morgan fingerprint density at radius 3 is 2.74 bits per heavy atom. The van der Waals surface area contributed by atoms with Crippen molar-refractivity contribution in [2.24, 2.45) is 0 Å². The van der Waals surface area contributed by atoms with Gasteiger partial charge in [0.25, 0.3) is 0 Å². The van der Waals surface area contributed by atoms with Crippen LogP contribution in [0.4, 0.5) is 0 Å². The Morgan fingerprint density at radius 1 is 1.21 bits per heavy atom. The lowest BCUT2D eigenvalue weighted by molar-refractivity contribution is 0.199. The van der Waals surface area contributed by atoms with E-state index < -0.39 is 6.10 Å². The van der Waals surface area contributed by atoms with Gasteiger partial charge in [0.2, 0.25) is 0 Å². The maximum atomic E-state index is 9.60. The van der Waals surface area contributed by atoms with Gasteiger partial charge in [-0.3, -0.25) is 4.57 Å². The second kappa shape index (κ2) is 4.79. The molecule has 0 unspecified atom stereocenters. The summed E-state index contributed by atoms with van der Waals surface area (Å²) in [6.07, 6.45) is 1.34. The van der Waals surface area contributed by atoms with Crippen molar-refractivity contribution in [2.45, 2.75) is 13.0 Å². The molecule has 0 aliphatic rings. The molecule has 4 heteroatoms. The highest BCUT2D eigenvalue weighted by atomic mass is 79.9. The highest BCUT2D eigenvalue weighted by molar-refractivity contribution is 9.10. The second-order valence-corrected chi connectivity index (χ2v) is 5.34. The summed E-state index contributed by atoms with van der Waals surface area (Å²) in [7, 11) is 0. The Kier molecular flexibility index (Phi) is 3.12. The summed E-state index contributed by atoms with van der Waals surface area (Å²) < 4.78 is 2.97. The van der Waals surface area contributed by atoms with Crippen LogP contribution >= 0.6 is 15.9 Å². The summed E-state index contributed by atoms with van der Waals surface area (Å²) >= 11 is 3.56. The molecule has 0 saturated carbocycles. The van der Waals surface area contributed by atoms with Crippen LogP contribution in [-0.4, -0.2) is 14.7 Å². The minimum atomic E-state index is -0.468.